The second kappa shape index (κ2) is 4.54. The maximum absolute atomic E-state index is 11.2. The van der Waals surface area contributed by atoms with Crippen LogP contribution >= 0.6 is 0 Å². The highest BCUT2D eigenvalue weighted by Crippen LogP contribution is 2.63. The van der Waals surface area contributed by atoms with Crippen molar-refractivity contribution in [2.24, 2.45) is 5.92 Å². The number of aromatic hydroxyl groups is 1. The van der Waals surface area contributed by atoms with Crippen LogP contribution in [0.25, 0.3) is 0 Å². The largest absolute Gasteiger partial charge is 0.504 e. The van der Waals surface area contributed by atoms with Gasteiger partial charge in [-0.1, -0.05) is 12.1 Å². The number of ether oxygens (including phenoxy) is 2. The van der Waals surface area contributed by atoms with E-state index in [0.717, 1.165) is 24.9 Å². The van der Waals surface area contributed by atoms with E-state index in [9.17, 15) is 10.2 Å². The molecule has 2 bridgehead atoms. The lowest BCUT2D eigenvalue weighted by Gasteiger charge is -2.58. The van der Waals surface area contributed by atoms with Crippen molar-refractivity contribution in [2.45, 2.75) is 43.1 Å². The SMILES string of the molecule is CCO[C@]1(O)C=C[C@H]2[C@H]3Cc4ccc(O)c5c4[C@@]2(CCN3C)[C@H]1O5. The molecule has 24 heavy (non-hydrogen) atoms. The standard InChI is InChI=1S/C19H23NO4/c1-3-23-19(22)7-6-12-13-10-11-4-5-14(21)16-15(11)18(12,17(19)24-16)8-9-20(13)2/h4-7,12-13,17,21-22H,3,8-10H2,1-2H3/t12-,13+,17+,18-,19+/m0/s1. The second-order valence-electron chi connectivity index (χ2n) is 7.56. The van der Waals surface area contributed by atoms with Gasteiger partial charge in [0.15, 0.2) is 17.6 Å². The van der Waals surface area contributed by atoms with Crippen molar-refractivity contribution < 1.29 is 19.7 Å². The van der Waals surface area contributed by atoms with Crippen LogP contribution in [0.1, 0.15) is 24.5 Å². The first-order chi connectivity index (χ1) is 11.5. The number of piperidine rings is 1. The molecule has 1 spiro atoms. The number of phenolic OH excluding ortho intramolecular Hbond substituents is 1. The fourth-order valence-corrected chi connectivity index (χ4v) is 5.62. The third-order valence-electron chi connectivity index (χ3n) is 6.57. The Bertz CT molecular complexity index is 747. The summed E-state index contributed by atoms with van der Waals surface area (Å²) < 4.78 is 11.9. The van der Waals surface area contributed by atoms with Crippen LogP contribution in [-0.4, -0.2) is 53.2 Å². The Morgan fingerprint density at radius 1 is 1.42 bits per heavy atom. The Morgan fingerprint density at radius 3 is 3.04 bits per heavy atom. The Morgan fingerprint density at radius 2 is 2.25 bits per heavy atom. The van der Waals surface area contributed by atoms with Gasteiger partial charge in [0.1, 0.15) is 0 Å². The third kappa shape index (κ3) is 1.51. The highest BCUT2D eigenvalue weighted by atomic mass is 16.7. The highest BCUT2D eigenvalue weighted by molar-refractivity contribution is 5.62. The van der Waals surface area contributed by atoms with Crippen LogP contribution in [0.3, 0.4) is 0 Å². The van der Waals surface area contributed by atoms with E-state index in [0.29, 0.717) is 18.4 Å². The second-order valence-corrected chi connectivity index (χ2v) is 7.56. The summed E-state index contributed by atoms with van der Waals surface area (Å²) in [6.07, 6.45) is 5.21. The van der Waals surface area contributed by atoms with E-state index in [4.69, 9.17) is 9.47 Å². The zero-order chi connectivity index (χ0) is 16.7. The molecule has 5 atom stereocenters. The van der Waals surface area contributed by atoms with Gasteiger partial charge < -0.3 is 24.6 Å². The van der Waals surface area contributed by atoms with Crippen LogP contribution in [0.15, 0.2) is 24.3 Å². The molecule has 1 saturated heterocycles. The van der Waals surface area contributed by atoms with Gasteiger partial charge in [0.2, 0.25) is 5.79 Å². The van der Waals surface area contributed by atoms with Crippen molar-refractivity contribution in [2.75, 3.05) is 20.2 Å². The quantitative estimate of drug-likeness (QED) is 0.637. The van der Waals surface area contributed by atoms with E-state index >= 15 is 0 Å². The minimum Gasteiger partial charge on any atom is -0.504 e. The predicted octanol–water partition coefficient (Wildman–Crippen LogP) is 1.56. The van der Waals surface area contributed by atoms with Crippen LogP contribution < -0.4 is 4.74 Å². The van der Waals surface area contributed by atoms with Crippen LogP contribution in [0, 0.1) is 5.92 Å². The summed E-state index contributed by atoms with van der Waals surface area (Å²) >= 11 is 0. The van der Waals surface area contributed by atoms with Crippen molar-refractivity contribution in [3.63, 3.8) is 0 Å². The first-order valence-corrected chi connectivity index (χ1v) is 8.79. The Labute approximate surface area is 141 Å². The molecule has 2 aliphatic heterocycles. The van der Waals surface area contributed by atoms with Crippen molar-refractivity contribution in [3.8, 4) is 11.5 Å². The van der Waals surface area contributed by atoms with E-state index < -0.39 is 11.9 Å². The molecule has 4 aliphatic rings. The van der Waals surface area contributed by atoms with Crippen molar-refractivity contribution in [1.29, 1.82) is 0 Å². The van der Waals surface area contributed by atoms with Gasteiger partial charge in [-0.15, -0.1) is 0 Å². The molecular formula is C19H23NO4. The van der Waals surface area contributed by atoms with Gasteiger partial charge >= 0.3 is 0 Å². The summed E-state index contributed by atoms with van der Waals surface area (Å²) in [7, 11) is 2.17. The number of rotatable bonds is 2. The van der Waals surface area contributed by atoms with Gasteiger partial charge in [0, 0.05) is 24.1 Å². The molecule has 128 valence electrons. The molecular weight excluding hydrogens is 306 g/mol. The Kier molecular flexibility index (Phi) is 2.79. The Hall–Kier alpha value is -1.56. The van der Waals surface area contributed by atoms with E-state index in [1.54, 1.807) is 12.1 Å². The predicted molar refractivity (Wildman–Crippen MR) is 88.1 cm³/mol. The van der Waals surface area contributed by atoms with Gasteiger partial charge in [0.25, 0.3) is 0 Å². The smallest absolute Gasteiger partial charge is 0.224 e. The van der Waals surface area contributed by atoms with Crippen LogP contribution in [-0.2, 0) is 16.6 Å². The number of likely N-dealkylation sites (tertiary alicyclic amines) is 1. The zero-order valence-electron chi connectivity index (χ0n) is 14.0. The van der Waals surface area contributed by atoms with Crippen LogP contribution in [0.4, 0.5) is 0 Å². The molecule has 1 fully saturated rings. The van der Waals surface area contributed by atoms with Gasteiger partial charge in [0.05, 0.1) is 5.41 Å². The molecule has 2 aliphatic carbocycles. The minimum atomic E-state index is -1.45. The normalized spacial score (nSPS) is 41.9. The van der Waals surface area contributed by atoms with Crippen molar-refractivity contribution in [3.05, 3.63) is 35.4 Å². The number of hydrogen-bond acceptors (Lipinski definition) is 5. The molecule has 0 unspecified atom stereocenters. The zero-order valence-corrected chi connectivity index (χ0v) is 14.0. The summed E-state index contributed by atoms with van der Waals surface area (Å²) in [4.78, 5) is 2.41. The summed E-state index contributed by atoms with van der Waals surface area (Å²) in [6, 6.07) is 4.11. The number of aliphatic hydroxyl groups is 1. The first-order valence-electron chi connectivity index (χ1n) is 8.79. The number of likely N-dealkylation sites (N-methyl/N-ethyl adjacent to an activating group) is 1. The number of nitrogens with zero attached hydrogens (tertiary/aromatic N) is 1. The minimum absolute atomic E-state index is 0.160. The third-order valence-corrected chi connectivity index (χ3v) is 6.57. The summed E-state index contributed by atoms with van der Waals surface area (Å²) in [6.45, 7) is 3.23. The average molecular weight is 329 g/mol. The molecule has 2 N–H and O–H groups in total. The lowest BCUT2D eigenvalue weighted by Crippen LogP contribution is -2.68. The molecule has 0 radical (unpaired) electrons. The van der Waals surface area contributed by atoms with Gasteiger partial charge in [-0.25, -0.2) is 0 Å². The lowest BCUT2D eigenvalue weighted by atomic mass is 9.53. The van der Waals surface area contributed by atoms with Gasteiger partial charge in [-0.2, -0.15) is 0 Å². The summed E-state index contributed by atoms with van der Waals surface area (Å²) in [5.74, 6) is -0.483. The van der Waals surface area contributed by atoms with E-state index in [1.807, 2.05) is 13.0 Å². The number of phenols is 1. The maximum atomic E-state index is 11.2. The van der Waals surface area contributed by atoms with Gasteiger partial charge in [-0.05, 0) is 51.1 Å². The van der Waals surface area contributed by atoms with E-state index in [1.165, 1.54) is 5.56 Å². The lowest BCUT2D eigenvalue weighted by molar-refractivity contribution is -0.239. The van der Waals surface area contributed by atoms with Crippen LogP contribution in [0.2, 0.25) is 0 Å². The van der Waals surface area contributed by atoms with Crippen LogP contribution in [0.5, 0.6) is 11.5 Å². The number of benzene rings is 1. The summed E-state index contributed by atoms with van der Waals surface area (Å²) in [5.41, 5.74) is 2.01. The molecule has 5 rings (SSSR count). The first kappa shape index (κ1) is 14.8. The topological polar surface area (TPSA) is 62.2 Å². The van der Waals surface area contributed by atoms with Gasteiger partial charge in [-0.3, -0.25) is 0 Å². The van der Waals surface area contributed by atoms with E-state index in [-0.39, 0.29) is 17.1 Å². The molecule has 0 amide bonds. The van der Waals surface area contributed by atoms with E-state index in [2.05, 4.69) is 18.0 Å². The molecule has 0 aromatic heterocycles. The maximum Gasteiger partial charge on any atom is 0.224 e. The molecule has 2 heterocycles. The van der Waals surface area contributed by atoms with Crippen molar-refractivity contribution in [1.82, 2.24) is 4.90 Å². The molecule has 0 saturated carbocycles. The molecule has 5 heteroatoms. The summed E-state index contributed by atoms with van der Waals surface area (Å²) in [5, 5.41) is 21.6. The number of hydrogen-bond donors (Lipinski definition) is 2. The Balaban J connectivity index is 1.79. The molecule has 1 aromatic carbocycles. The fourth-order valence-electron chi connectivity index (χ4n) is 5.62. The highest BCUT2D eigenvalue weighted by Gasteiger charge is 2.68. The monoisotopic (exact) mass is 329 g/mol. The molecule has 1 aromatic rings. The molecule has 5 nitrogen and oxygen atoms in total. The fraction of sp³-hybridized carbons (Fsp3) is 0.579. The average Bonchev–Trinajstić information content (AvgIpc) is 2.91. The van der Waals surface area contributed by atoms with Crippen molar-refractivity contribution >= 4 is 0 Å².